The molecule has 1 aromatic carbocycles. The molecule has 0 saturated carbocycles. The van der Waals surface area contributed by atoms with Gasteiger partial charge in [-0.25, -0.2) is 0 Å². The van der Waals surface area contributed by atoms with Crippen molar-refractivity contribution in [3.8, 4) is 0 Å². The Kier molecular flexibility index (Phi) is 7.01. The first-order valence-corrected chi connectivity index (χ1v) is 10.1. The molecule has 0 aliphatic carbocycles. The normalized spacial score (nSPS) is 16.0. The van der Waals surface area contributed by atoms with Crippen LogP contribution in [0.2, 0.25) is 0 Å². The van der Waals surface area contributed by atoms with E-state index in [1.54, 1.807) is 6.20 Å². The number of hydrogen-bond donors (Lipinski definition) is 1. The summed E-state index contributed by atoms with van der Waals surface area (Å²) in [6.07, 6.45) is 8.46. The van der Waals surface area contributed by atoms with E-state index in [0.717, 1.165) is 35.3 Å². The number of nitrogens with zero attached hydrogens (tertiary/aromatic N) is 2. The van der Waals surface area contributed by atoms with Gasteiger partial charge in [-0.1, -0.05) is 31.5 Å². The Morgan fingerprint density at radius 3 is 2.92 bits per heavy atom. The number of likely N-dealkylation sites (tertiary alicyclic amines) is 1. The lowest BCUT2D eigenvalue weighted by atomic mass is 9.93. The van der Waals surface area contributed by atoms with Gasteiger partial charge in [-0.15, -0.1) is 0 Å². The molecule has 2 heterocycles. The highest BCUT2D eigenvalue weighted by atomic mass is 16.1. The molecule has 2 aromatic rings. The van der Waals surface area contributed by atoms with Crippen molar-refractivity contribution in [1.82, 2.24) is 15.2 Å². The number of carbonyl (C=O) groups is 1. The van der Waals surface area contributed by atoms with Crippen LogP contribution in [-0.4, -0.2) is 42.0 Å². The first-order chi connectivity index (χ1) is 12.7. The van der Waals surface area contributed by atoms with Crippen molar-refractivity contribution < 1.29 is 4.79 Å². The molecule has 4 heteroatoms. The lowest BCUT2D eigenvalue weighted by molar-refractivity contribution is -0.120. The first-order valence-electron chi connectivity index (χ1n) is 10.1. The highest BCUT2D eigenvalue weighted by molar-refractivity contribution is 5.82. The Bertz CT molecular complexity index is 707. The van der Waals surface area contributed by atoms with E-state index in [4.69, 9.17) is 0 Å². The molecular weight excluding hydrogens is 322 g/mol. The van der Waals surface area contributed by atoms with E-state index in [9.17, 15) is 4.79 Å². The van der Waals surface area contributed by atoms with Crippen LogP contribution in [0.3, 0.4) is 0 Å². The summed E-state index contributed by atoms with van der Waals surface area (Å²) in [5.74, 6) is 0.874. The second-order valence-corrected chi connectivity index (χ2v) is 7.48. The summed E-state index contributed by atoms with van der Waals surface area (Å²) in [6, 6.07) is 10.1. The van der Waals surface area contributed by atoms with Gasteiger partial charge in [0.1, 0.15) is 0 Å². The number of rotatable bonds is 8. The van der Waals surface area contributed by atoms with E-state index >= 15 is 0 Å². The Balaban J connectivity index is 1.36. The molecule has 3 rings (SSSR count). The number of nitrogens with one attached hydrogen (secondary N) is 1. The maximum Gasteiger partial charge on any atom is 0.224 e. The molecule has 0 spiro atoms. The number of fused-ring (bicyclic) bond motifs is 1. The summed E-state index contributed by atoms with van der Waals surface area (Å²) in [6.45, 7) is 6.75. The van der Waals surface area contributed by atoms with Gasteiger partial charge in [-0.2, -0.15) is 0 Å². The van der Waals surface area contributed by atoms with Crippen LogP contribution < -0.4 is 5.32 Å². The van der Waals surface area contributed by atoms with Gasteiger partial charge in [0.2, 0.25) is 5.91 Å². The van der Waals surface area contributed by atoms with E-state index in [0.29, 0.717) is 6.42 Å². The molecule has 0 atom stereocenters. The minimum absolute atomic E-state index is 0.112. The van der Waals surface area contributed by atoms with Gasteiger partial charge in [0.15, 0.2) is 0 Å². The van der Waals surface area contributed by atoms with Crippen LogP contribution >= 0.6 is 0 Å². The third kappa shape index (κ3) is 5.53. The van der Waals surface area contributed by atoms with Gasteiger partial charge in [-0.3, -0.25) is 9.78 Å². The van der Waals surface area contributed by atoms with Gasteiger partial charge >= 0.3 is 0 Å². The van der Waals surface area contributed by atoms with E-state index in [-0.39, 0.29) is 5.91 Å². The van der Waals surface area contributed by atoms with E-state index in [1.807, 2.05) is 30.3 Å². The standard InChI is InChI=1S/C22H31N3O/c1-2-3-13-25-14-9-18(10-15-25)8-12-24-22(26)17-19-6-7-20-5-4-11-23-21(20)16-19/h4-7,11,16,18H,2-3,8-10,12-15,17H2,1H3,(H,24,26). The van der Waals surface area contributed by atoms with Crippen molar-refractivity contribution in [3.05, 3.63) is 42.1 Å². The van der Waals surface area contributed by atoms with Gasteiger partial charge in [-0.05, 0) is 68.9 Å². The maximum absolute atomic E-state index is 12.2. The first kappa shape index (κ1) is 18.8. The fraction of sp³-hybridized carbons (Fsp3) is 0.545. The molecule has 1 N–H and O–H groups in total. The molecule has 1 aliphatic heterocycles. The SMILES string of the molecule is CCCCN1CCC(CCNC(=O)Cc2ccc3cccnc3c2)CC1. The van der Waals surface area contributed by atoms with E-state index < -0.39 is 0 Å². The lowest BCUT2D eigenvalue weighted by Gasteiger charge is -2.31. The molecule has 1 fully saturated rings. The number of carbonyl (C=O) groups excluding carboxylic acids is 1. The molecule has 1 aliphatic rings. The second kappa shape index (κ2) is 9.67. The summed E-state index contributed by atoms with van der Waals surface area (Å²) in [5.41, 5.74) is 1.98. The number of aromatic nitrogens is 1. The zero-order valence-electron chi connectivity index (χ0n) is 15.9. The number of unbranched alkanes of at least 4 members (excludes halogenated alkanes) is 1. The largest absolute Gasteiger partial charge is 0.356 e. The predicted molar refractivity (Wildman–Crippen MR) is 107 cm³/mol. The quantitative estimate of drug-likeness (QED) is 0.785. The van der Waals surface area contributed by atoms with Gasteiger partial charge < -0.3 is 10.2 Å². The van der Waals surface area contributed by atoms with E-state index in [2.05, 4.69) is 22.1 Å². The van der Waals surface area contributed by atoms with Gasteiger partial charge in [0.25, 0.3) is 0 Å². The third-order valence-electron chi connectivity index (χ3n) is 5.44. The molecule has 140 valence electrons. The Labute approximate surface area is 157 Å². The summed E-state index contributed by atoms with van der Waals surface area (Å²) in [4.78, 5) is 19.2. The molecule has 0 radical (unpaired) electrons. The molecule has 26 heavy (non-hydrogen) atoms. The van der Waals surface area contributed by atoms with Crippen LogP contribution in [0.25, 0.3) is 10.9 Å². The summed E-state index contributed by atoms with van der Waals surface area (Å²) in [7, 11) is 0. The third-order valence-corrected chi connectivity index (χ3v) is 5.44. The van der Waals surface area contributed by atoms with Crippen LogP contribution in [-0.2, 0) is 11.2 Å². The highest BCUT2D eigenvalue weighted by Crippen LogP contribution is 2.20. The summed E-state index contributed by atoms with van der Waals surface area (Å²) in [5, 5.41) is 4.21. The lowest BCUT2D eigenvalue weighted by Crippen LogP contribution is -2.36. The van der Waals surface area contributed by atoms with Crippen LogP contribution in [0.1, 0.15) is 44.6 Å². The van der Waals surface area contributed by atoms with Crippen molar-refractivity contribution in [2.24, 2.45) is 5.92 Å². The fourth-order valence-electron chi connectivity index (χ4n) is 3.77. The van der Waals surface area contributed by atoms with Crippen molar-refractivity contribution in [2.75, 3.05) is 26.2 Å². The van der Waals surface area contributed by atoms with Gasteiger partial charge in [0, 0.05) is 18.1 Å². The van der Waals surface area contributed by atoms with Crippen molar-refractivity contribution in [1.29, 1.82) is 0 Å². The topological polar surface area (TPSA) is 45.2 Å². The number of benzene rings is 1. The molecule has 1 aromatic heterocycles. The average Bonchev–Trinajstić information content (AvgIpc) is 2.67. The van der Waals surface area contributed by atoms with Crippen LogP contribution in [0, 0.1) is 5.92 Å². The monoisotopic (exact) mass is 353 g/mol. The molecule has 1 saturated heterocycles. The number of amides is 1. The maximum atomic E-state index is 12.2. The van der Waals surface area contributed by atoms with E-state index in [1.165, 1.54) is 45.3 Å². The minimum atomic E-state index is 0.112. The number of hydrogen-bond acceptors (Lipinski definition) is 3. The van der Waals surface area contributed by atoms with Crippen LogP contribution in [0.4, 0.5) is 0 Å². The Hall–Kier alpha value is -1.94. The van der Waals surface area contributed by atoms with Crippen molar-refractivity contribution in [2.45, 2.75) is 45.4 Å². The fourth-order valence-corrected chi connectivity index (χ4v) is 3.77. The number of pyridine rings is 1. The molecular formula is C22H31N3O. The molecule has 0 unspecified atom stereocenters. The zero-order chi connectivity index (χ0) is 18.2. The van der Waals surface area contributed by atoms with Gasteiger partial charge in [0.05, 0.1) is 11.9 Å². The van der Waals surface area contributed by atoms with Crippen molar-refractivity contribution >= 4 is 16.8 Å². The summed E-state index contributed by atoms with van der Waals surface area (Å²) >= 11 is 0. The summed E-state index contributed by atoms with van der Waals surface area (Å²) < 4.78 is 0. The highest BCUT2D eigenvalue weighted by Gasteiger charge is 2.18. The molecule has 0 bridgehead atoms. The zero-order valence-corrected chi connectivity index (χ0v) is 15.9. The second-order valence-electron chi connectivity index (χ2n) is 7.48. The predicted octanol–water partition coefficient (Wildman–Crippen LogP) is 3.80. The Morgan fingerprint density at radius 2 is 2.12 bits per heavy atom. The molecule has 4 nitrogen and oxygen atoms in total. The van der Waals surface area contributed by atoms with Crippen LogP contribution in [0.5, 0.6) is 0 Å². The number of piperidine rings is 1. The van der Waals surface area contributed by atoms with Crippen LogP contribution in [0.15, 0.2) is 36.5 Å². The van der Waals surface area contributed by atoms with Crippen molar-refractivity contribution in [3.63, 3.8) is 0 Å². The Morgan fingerprint density at radius 1 is 1.27 bits per heavy atom. The average molecular weight is 354 g/mol. The minimum Gasteiger partial charge on any atom is -0.356 e. The molecule has 1 amide bonds. The smallest absolute Gasteiger partial charge is 0.224 e.